The number of nitrogens with one attached hydrogen (secondary N) is 2. The fourth-order valence-corrected chi connectivity index (χ4v) is 2.50. The lowest BCUT2D eigenvalue weighted by Gasteiger charge is -2.17. The van der Waals surface area contributed by atoms with Gasteiger partial charge in [0, 0.05) is 12.5 Å². The smallest absolute Gasteiger partial charge is 0.349 e. The predicted octanol–water partition coefficient (Wildman–Crippen LogP) is 3.44. The summed E-state index contributed by atoms with van der Waals surface area (Å²) in [6.07, 6.45) is -4.41. The number of rotatable bonds is 5. The summed E-state index contributed by atoms with van der Waals surface area (Å²) in [6, 6.07) is 13.3. The highest BCUT2D eigenvalue weighted by atomic mass is 19.4. The average Bonchev–Trinajstić information content (AvgIpc) is 2.65. The van der Waals surface area contributed by atoms with Gasteiger partial charge in [-0.15, -0.1) is 0 Å². The number of halogens is 3. The van der Waals surface area contributed by atoms with Crippen LogP contribution in [0.4, 0.5) is 13.2 Å². The van der Waals surface area contributed by atoms with Crippen molar-refractivity contribution in [2.24, 2.45) is 0 Å². The number of carbonyl (C=O) groups excluding carboxylic acids is 2. The molecule has 0 heterocycles. The Labute approximate surface area is 161 Å². The number of benzene rings is 2. The van der Waals surface area contributed by atoms with Crippen LogP contribution in [0.3, 0.4) is 0 Å². The lowest BCUT2D eigenvalue weighted by molar-refractivity contribution is -0.137. The van der Waals surface area contributed by atoms with Gasteiger partial charge in [-0.1, -0.05) is 48.2 Å². The molecule has 28 heavy (non-hydrogen) atoms. The summed E-state index contributed by atoms with van der Waals surface area (Å²) in [7, 11) is 0. The van der Waals surface area contributed by atoms with Crippen molar-refractivity contribution in [3.63, 3.8) is 0 Å². The van der Waals surface area contributed by atoms with Crippen LogP contribution >= 0.6 is 0 Å². The molecule has 7 heteroatoms. The molecule has 2 amide bonds. The van der Waals surface area contributed by atoms with Crippen LogP contribution in [0.2, 0.25) is 0 Å². The second-order valence-corrected chi connectivity index (χ2v) is 6.02. The summed E-state index contributed by atoms with van der Waals surface area (Å²) in [4.78, 5) is 23.5. The van der Waals surface area contributed by atoms with Gasteiger partial charge < -0.3 is 10.6 Å². The van der Waals surface area contributed by atoms with Gasteiger partial charge in [0.05, 0.1) is 24.6 Å². The quantitative estimate of drug-likeness (QED) is 0.771. The molecule has 0 aliphatic heterocycles. The Hall–Kier alpha value is -3.27. The van der Waals surface area contributed by atoms with Gasteiger partial charge in [-0.05, 0) is 23.8 Å². The molecule has 0 aliphatic rings. The van der Waals surface area contributed by atoms with Crippen LogP contribution in [0.5, 0.6) is 0 Å². The lowest BCUT2D eigenvalue weighted by atomic mass is 10.0. The number of hydrogen-bond acceptors (Lipinski definition) is 2. The highest BCUT2D eigenvalue weighted by molar-refractivity contribution is 5.79. The summed E-state index contributed by atoms with van der Waals surface area (Å²) >= 11 is 0. The molecule has 0 saturated heterocycles. The Morgan fingerprint density at radius 3 is 2.43 bits per heavy atom. The minimum Gasteiger partial charge on any atom is -0.349 e. The van der Waals surface area contributed by atoms with Crippen molar-refractivity contribution in [1.82, 2.24) is 10.6 Å². The topological polar surface area (TPSA) is 58.2 Å². The predicted molar refractivity (Wildman–Crippen MR) is 98.9 cm³/mol. The molecule has 146 valence electrons. The van der Waals surface area contributed by atoms with Crippen LogP contribution in [-0.4, -0.2) is 18.4 Å². The Kier molecular flexibility index (Phi) is 7.21. The first-order valence-electron chi connectivity index (χ1n) is 8.50. The molecular formula is C21H19F3N2O2. The largest absolute Gasteiger partial charge is 0.416 e. The van der Waals surface area contributed by atoms with E-state index in [-0.39, 0.29) is 30.3 Å². The molecule has 2 aromatic carbocycles. The van der Waals surface area contributed by atoms with E-state index in [2.05, 4.69) is 22.5 Å². The molecule has 0 bridgehead atoms. The molecule has 0 aromatic heterocycles. The third-order valence-electron chi connectivity index (χ3n) is 3.77. The summed E-state index contributed by atoms with van der Waals surface area (Å²) in [5, 5.41) is 5.31. The van der Waals surface area contributed by atoms with Crippen molar-refractivity contribution in [1.29, 1.82) is 0 Å². The maximum absolute atomic E-state index is 12.7. The van der Waals surface area contributed by atoms with Crippen molar-refractivity contribution >= 4 is 11.8 Å². The third-order valence-corrected chi connectivity index (χ3v) is 3.77. The number of amides is 2. The van der Waals surface area contributed by atoms with Gasteiger partial charge in [0.1, 0.15) is 0 Å². The summed E-state index contributed by atoms with van der Waals surface area (Å²) < 4.78 is 38.0. The van der Waals surface area contributed by atoms with Crippen molar-refractivity contribution in [3.05, 3.63) is 71.3 Å². The second-order valence-electron chi connectivity index (χ2n) is 6.02. The van der Waals surface area contributed by atoms with Crippen molar-refractivity contribution < 1.29 is 22.8 Å². The van der Waals surface area contributed by atoms with E-state index >= 15 is 0 Å². The molecule has 1 unspecified atom stereocenters. The first-order chi connectivity index (χ1) is 13.3. The number of hydrogen-bond donors (Lipinski definition) is 2. The van der Waals surface area contributed by atoms with Crippen LogP contribution in [0, 0.1) is 11.8 Å². The third kappa shape index (κ3) is 6.80. The van der Waals surface area contributed by atoms with Gasteiger partial charge >= 0.3 is 6.18 Å². The van der Waals surface area contributed by atoms with Crippen molar-refractivity contribution in [2.75, 3.05) is 6.54 Å². The number of carbonyl (C=O) groups is 2. The normalized spacial score (nSPS) is 11.7. The Morgan fingerprint density at radius 1 is 1.07 bits per heavy atom. The van der Waals surface area contributed by atoms with Gasteiger partial charge in [-0.2, -0.15) is 13.2 Å². The molecule has 0 radical (unpaired) electrons. The molecule has 4 nitrogen and oxygen atoms in total. The van der Waals surface area contributed by atoms with Gasteiger partial charge in [-0.25, -0.2) is 0 Å². The second kappa shape index (κ2) is 9.60. The SMILES string of the molecule is CC(=O)NC(CC(=O)NCC#Cc1cccc(C(F)(F)F)c1)c1ccccc1. The molecule has 2 rings (SSSR count). The van der Waals surface area contributed by atoms with E-state index in [0.717, 1.165) is 17.7 Å². The van der Waals surface area contributed by atoms with E-state index in [1.165, 1.54) is 19.1 Å². The Morgan fingerprint density at radius 2 is 1.79 bits per heavy atom. The summed E-state index contributed by atoms with van der Waals surface area (Å²) in [6.45, 7) is 1.35. The van der Waals surface area contributed by atoms with Crippen LogP contribution in [0.25, 0.3) is 0 Å². The molecule has 1 atom stereocenters. The molecule has 0 saturated carbocycles. The highest BCUT2D eigenvalue weighted by Gasteiger charge is 2.30. The van der Waals surface area contributed by atoms with Crippen LogP contribution < -0.4 is 10.6 Å². The van der Waals surface area contributed by atoms with Gasteiger partial charge in [0.25, 0.3) is 0 Å². The van der Waals surface area contributed by atoms with Crippen molar-refractivity contribution in [2.45, 2.75) is 25.6 Å². The van der Waals surface area contributed by atoms with Crippen LogP contribution in [0.1, 0.15) is 36.1 Å². The molecular weight excluding hydrogens is 369 g/mol. The minimum atomic E-state index is -4.43. The number of alkyl halides is 3. The Balaban J connectivity index is 1.93. The van der Waals surface area contributed by atoms with E-state index in [0.29, 0.717) is 0 Å². The minimum absolute atomic E-state index is 0.0172. The summed E-state index contributed by atoms with van der Waals surface area (Å²) in [5.74, 6) is 4.63. The molecule has 2 N–H and O–H groups in total. The van der Waals surface area contributed by atoms with Crippen LogP contribution in [0.15, 0.2) is 54.6 Å². The zero-order chi connectivity index (χ0) is 20.6. The Bertz CT molecular complexity index is 884. The summed E-state index contributed by atoms with van der Waals surface area (Å²) in [5.41, 5.74) is 0.233. The zero-order valence-electron chi connectivity index (χ0n) is 15.1. The standard InChI is InChI=1S/C21H19F3N2O2/c1-15(27)26-19(17-9-3-2-4-10-17)14-20(28)25-12-6-8-16-7-5-11-18(13-16)21(22,23)24/h2-5,7,9-11,13,19H,12,14H2,1H3,(H,25,28)(H,26,27). The van der Waals surface area contributed by atoms with Crippen molar-refractivity contribution in [3.8, 4) is 11.8 Å². The fourth-order valence-electron chi connectivity index (χ4n) is 2.50. The van der Waals surface area contributed by atoms with E-state index in [9.17, 15) is 22.8 Å². The zero-order valence-corrected chi connectivity index (χ0v) is 15.1. The molecule has 0 fully saturated rings. The van der Waals surface area contributed by atoms with Gasteiger partial charge in [-0.3, -0.25) is 9.59 Å². The molecule has 0 aliphatic carbocycles. The first-order valence-corrected chi connectivity index (χ1v) is 8.50. The van der Waals surface area contributed by atoms with E-state index in [1.807, 2.05) is 18.2 Å². The van der Waals surface area contributed by atoms with E-state index < -0.39 is 17.8 Å². The fraction of sp³-hybridized carbons (Fsp3) is 0.238. The maximum Gasteiger partial charge on any atom is 0.416 e. The van der Waals surface area contributed by atoms with Gasteiger partial charge in [0.15, 0.2) is 0 Å². The lowest BCUT2D eigenvalue weighted by Crippen LogP contribution is -2.32. The molecule has 2 aromatic rings. The van der Waals surface area contributed by atoms with Gasteiger partial charge in [0.2, 0.25) is 11.8 Å². The first kappa shape index (κ1) is 21.0. The average molecular weight is 388 g/mol. The molecule has 0 spiro atoms. The maximum atomic E-state index is 12.7. The van der Waals surface area contributed by atoms with Crippen LogP contribution in [-0.2, 0) is 15.8 Å². The highest BCUT2D eigenvalue weighted by Crippen LogP contribution is 2.29. The van der Waals surface area contributed by atoms with E-state index in [1.54, 1.807) is 12.1 Å². The van der Waals surface area contributed by atoms with E-state index in [4.69, 9.17) is 0 Å². The monoisotopic (exact) mass is 388 g/mol.